The molecule has 8 nitrogen and oxygen atoms in total. The summed E-state index contributed by atoms with van der Waals surface area (Å²) >= 11 is 0. The number of benzene rings is 1. The quantitative estimate of drug-likeness (QED) is 0.788. The molecule has 1 amide bonds. The molecule has 2 aromatic rings. The monoisotopic (exact) mass is 392 g/mol. The number of amides is 1. The molecular weight excluding hydrogens is 372 g/mol. The molecule has 144 valence electrons. The molecule has 0 unspecified atom stereocenters. The van der Waals surface area contributed by atoms with Crippen LogP contribution < -0.4 is 9.64 Å². The number of aromatic nitrogens is 1. The van der Waals surface area contributed by atoms with E-state index in [1.807, 2.05) is 0 Å². The lowest BCUT2D eigenvalue weighted by Crippen LogP contribution is -2.38. The normalized spacial score (nSPS) is 18.0. The Morgan fingerprint density at radius 3 is 2.74 bits per heavy atom. The number of oxazole rings is 1. The summed E-state index contributed by atoms with van der Waals surface area (Å²) < 4.78 is 40.2. The van der Waals surface area contributed by atoms with E-state index in [1.54, 1.807) is 6.07 Å². The van der Waals surface area contributed by atoms with Gasteiger partial charge in [0.05, 0.1) is 17.1 Å². The second-order valence-electron chi connectivity index (χ2n) is 6.66. The first kappa shape index (κ1) is 18.0. The molecule has 27 heavy (non-hydrogen) atoms. The second-order valence-corrected chi connectivity index (χ2v) is 8.68. The van der Waals surface area contributed by atoms with Gasteiger partial charge in [-0.2, -0.15) is 0 Å². The Morgan fingerprint density at radius 2 is 2.00 bits per heavy atom. The number of hydrogen-bond donors (Lipinski definition) is 0. The summed E-state index contributed by atoms with van der Waals surface area (Å²) in [5.74, 6) is 0.816. The molecule has 0 spiro atoms. The van der Waals surface area contributed by atoms with Crippen molar-refractivity contribution >= 4 is 21.4 Å². The largest absolute Gasteiger partial charge is 0.490 e. The van der Waals surface area contributed by atoms with Gasteiger partial charge in [0, 0.05) is 25.4 Å². The van der Waals surface area contributed by atoms with Gasteiger partial charge in [-0.3, -0.25) is 9.69 Å². The van der Waals surface area contributed by atoms with E-state index in [4.69, 9.17) is 13.9 Å². The van der Waals surface area contributed by atoms with E-state index in [0.717, 1.165) is 19.1 Å². The number of nitrogens with zero attached hydrogens (tertiary/aromatic N) is 2. The van der Waals surface area contributed by atoms with Crippen LogP contribution in [0.4, 0.5) is 5.69 Å². The fourth-order valence-corrected chi connectivity index (χ4v) is 3.94. The summed E-state index contributed by atoms with van der Waals surface area (Å²) in [5, 5.41) is 0. The maximum atomic E-state index is 13.0. The van der Waals surface area contributed by atoms with Gasteiger partial charge in [0.25, 0.3) is 5.91 Å². The molecule has 0 N–H and O–H groups in total. The lowest BCUT2D eigenvalue weighted by molar-refractivity contribution is 0.0794. The smallest absolute Gasteiger partial charge is 0.280 e. The van der Waals surface area contributed by atoms with Crippen molar-refractivity contribution in [2.45, 2.75) is 23.7 Å². The van der Waals surface area contributed by atoms with E-state index in [-0.39, 0.29) is 22.4 Å². The first-order chi connectivity index (χ1) is 12.9. The molecule has 3 heterocycles. The molecule has 0 aliphatic carbocycles. The van der Waals surface area contributed by atoms with Crippen molar-refractivity contribution in [2.75, 3.05) is 37.5 Å². The number of hydrogen-bond acceptors (Lipinski definition) is 7. The zero-order valence-corrected chi connectivity index (χ0v) is 15.7. The van der Waals surface area contributed by atoms with Crippen LogP contribution in [0.1, 0.15) is 35.1 Å². The number of sulfone groups is 1. The van der Waals surface area contributed by atoms with Crippen LogP contribution in [0.15, 0.2) is 33.8 Å². The van der Waals surface area contributed by atoms with Gasteiger partial charge in [0.1, 0.15) is 18.6 Å². The first-order valence-corrected chi connectivity index (χ1v) is 10.6. The highest BCUT2D eigenvalue weighted by Crippen LogP contribution is 2.35. The Labute approximate surface area is 157 Å². The molecule has 2 aliphatic rings. The van der Waals surface area contributed by atoms with Crippen LogP contribution in [0.5, 0.6) is 5.75 Å². The van der Waals surface area contributed by atoms with Crippen LogP contribution in [0.2, 0.25) is 0 Å². The molecule has 1 aromatic carbocycles. The van der Waals surface area contributed by atoms with Gasteiger partial charge in [-0.25, -0.2) is 13.4 Å². The number of fused-ring (bicyclic) bond motifs is 1. The Bertz CT molecular complexity index is 962. The molecule has 1 aromatic heterocycles. The van der Waals surface area contributed by atoms with Gasteiger partial charge in [-0.05, 0) is 31.0 Å². The first-order valence-electron chi connectivity index (χ1n) is 8.75. The van der Waals surface area contributed by atoms with Crippen LogP contribution in [0.25, 0.3) is 0 Å². The summed E-state index contributed by atoms with van der Waals surface area (Å²) in [6.07, 6.45) is 4.11. The molecule has 0 saturated carbocycles. The van der Waals surface area contributed by atoms with Crippen molar-refractivity contribution in [3.8, 4) is 5.75 Å². The van der Waals surface area contributed by atoms with Crippen LogP contribution in [-0.4, -0.2) is 51.9 Å². The van der Waals surface area contributed by atoms with Gasteiger partial charge in [-0.1, -0.05) is 0 Å². The average molecular weight is 392 g/mol. The van der Waals surface area contributed by atoms with E-state index >= 15 is 0 Å². The van der Waals surface area contributed by atoms with Gasteiger partial charge in [0.2, 0.25) is 0 Å². The Hall–Kier alpha value is -2.39. The zero-order valence-electron chi connectivity index (χ0n) is 14.9. The standard InChI is InChI=1S/C18H20N2O6S/c1-27(22,23)13-2-3-16-15(10-13)20(6-9-25-16)18(21)14-11-26-17(19-14)12-4-7-24-8-5-12/h2-3,10-12H,4-9H2,1H3. The number of anilines is 1. The van der Waals surface area contributed by atoms with Crippen LogP contribution >= 0.6 is 0 Å². The lowest BCUT2D eigenvalue weighted by atomic mass is 10.0. The minimum atomic E-state index is -3.40. The maximum absolute atomic E-state index is 13.0. The Kier molecular flexibility index (Phi) is 4.65. The zero-order chi connectivity index (χ0) is 19.0. The van der Waals surface area contributed by atoms with E-state index in [0.29, 0.717) is 43.7 Å². The third-order valence-electron chi connectivity index (χ3n) is 4.78. The molecule has 2 aliphatic heterocycles. The Balaban J connectivity index is 1.63. The Morgan fingerprint density at radius 1 is 1.22 bits per heavy atom. The summed E-state index contributed by atoms with van der Waals surface area (Å²) in [5.41, 5.74) is 0.624. The van der Waals surface area contributed by atoms with Crippen molar-refractivity contribution in [1.29, 1.82) is 0 Å². The minimum absolute atomic E-state index is 0.132. The fraction of sp³-hybridized carbons (Fsp3) is 0.444. The van der Waals surface area contributed by atoms with Crippen molar-refractivity contribution < 1.29 is 27.1 Å². The molecular formula is C18H20N2O6S. The fourth-order valence-electron chi connectivity index (χ4n) is 3.30. The highest BCUT2D eigenvalue weighted by molar-refractivity contribution is 7.90. The van der Waals surface area contributed by atoms with Crippen LogP contribution in [0, 0.1) is 0 Å². The predicted molar refractivity (Wildman–Crippen MR) is 96.0 cm³/mol. The summed E-state index contributed by atoms with van der Waals surface area (Å²) in [6.45, 7) is 1.93. The van der Waals surface area contributed by atoms with Gasteiger partial charge in [-0.15, -0.1) is 0 Å². The number of rotatable bonds is 3. The van der Waals surface area contributed by atoms with Gasteiger partial charge in [0.15, 0.2) is 21.4 Å². The number of carbonyl (C=O) groups is 1. The van der Waals surface area contributed by atoms with E-state index in [2.05, 4.69) is 4.98 Å². The molecule has 1 saturated heterocycles. The topological polar surface area (TPSA) is 98.9 Å². The highest BCUT2D eigenvalue weighted by atomic mass is 32.2. The molecule has 0 radical (unpaired) electrons. The maximum Gasteiger partial charge on any atom is 0.280 e. The molecule has 0 atom stereocenters. The summed E-state index contributed by atoms with van der Waals surface area (Å²) in [4.78, 5) is 19.0. The molecule has 4 rings (SSSR count). The van der Waals surface area contributed by atoms with E-state index in [1.165, 1.54) is 23.3 Å². The number of carbonyl (C=O) groups excluding carboxylic acids is 1. The third-order valence-corrected chi connectivity index (χ3v) is 5.89. The van der Waals surface area contributed by atoms with Crippen LogP contribution in [-0.2, 0) is 14.6 Å². The van der Waals surface area contributed by atoms with Crippen LogP contribution in [0.3, 0.4) is 0 Å². The average Bonchev–Trinajstić information content (AvgIpc) is 3.17. The SMILES string of the molecule is CS(=O)(=O)c1ccc2c(c1)N(C(=O)c1coc(C3CCOCC3)n1)CCO2. The van der Waals surface area contributed by atoms with Crippen molar-refractivity contribution in [3.05, 3.63) is 36.0 Å². The van der Waals surface area contributed by atoms with Crippen molar-refractivity contribution in [1.82, 2.24) is 4.98 Å². The van der Waals surface area contributed by atoms with Crippen molar-refractivity contribution in [2.24, 2.45) is 0 Å². The molecule has 9 heteroatoms. The summed E-state index contributed by atoms with van der Waals surface area (Å²) in [7, 11) is -3.40. The third kappa shape index (κ3) is 3.57. The van der Waals surface area contributed by atoms with Gasteiger partial charge < -0.3 is 13.9 Å². The highest BCUT2D eigenvalue weighted by Gasteiger charge is 2.29. The van der Waals surface area contributed by atoms with E-state index < -0.39 is 9.84 Å². The predicted octanol–water partition coefficient (Wildman–Crippen LogP) is 2.01. The van der Waals surface area contributed by atoms with Gasteiger partial charge >= 0.3 is 0 Å². The van der Waals surface area contributed by atoms with Crippen molar-refractivity contribution in [3.63, 3.8) is 0 Å². The molecule has 1 fully saturated rings. The summed E-state index contributed by atoms with van der Waals surface area (Å²) in [6, 6.07) is 4.50. The molecule has 0 bridgehead atoms. The minimum Gasteiger partial charge on any atom is -0.490 e. The van der Waals surface area contributed by atoms with E-state index in [9.17, 15) is 13.2 Å². The second kappa shape index (κ2) is 6.97. The number of ether oxygens (including phenoxy) is 2. The lowest BCUT2D eigenvalue weighted by Gasteiger charge is -2.29.